The molecule has 0 amide bonds. The van der Waals surface area contributed by atoms with Gasteiger partial charge in [-0.1, -0.05) is 0 Å². The summed E-state index contributed by atoms with van der Waals surface area (Å²) in [5.74, 6) is 0.644. The third-order valence-corrected chi connectivity index (χ3v) is 2.73. The number of likely N-dealkylation sites (tertiary alicyclic amines) is 1. The van der Waals surface area contributed by atoms with Crippen molar-refractivity contribution in [3.05, 3.63) is 0 Å². The van der Waals surface area contributed by atoms with Crippen LogP contribution in [0, 0.1) is 5.92 Å². The van der Waals surface area contributed by atoms with Gasteiger partial charge < -0.3 is 15.0 Å². The highest BCUT2D eigenvalue weighted by Crippen LogP contribution is 2.12. The third kappa shape index (κ3) is 5.14. The summed E-state index contributed by atoms with van der Waals surface area (Å²) >= 11 is 0. The zero-order valence-electron chi connectivity index (χ0n) is 9.79. The molecule has 0 aromatic rings. The van der Waals surface area contributed by atoms with Crippen LogP contribution in [0.2, 0.25) is 0 Å². The summed E-state index contributed by atoms with van der Waals surface area (Å²) in [5, 5.41) is 3.31. The highest BCUT2D eigenvalue weighted by Gasteiger charge is 2.18. The van der Waals surface area contributed by atoms with Gasteiger partial charge in [0.25, 0.3) is 0 Å². The number of nitrogens with zero attached hydrogens (tertiary/aromatic N) is 1. The van der Waals surface area contributed by atoms with Crippen molar-refractivity contribution in [2.75, 3.05) is 39.8 Å². The zero-order valence-corrected chi connectivity index (χ0v) is 9.79. The summed E-state index contributed by atoms with van der Waals surface area (Å²) in [5.41, 5.74) is 0. The Balaban J connectivity index is 1.95. The second-order valence-corrected chi connectivity index (χ2v) is 4.18. The molecular formula is C11H22N2O2. The number of rotatable bonds is 6. The van der Waals surface area contributed by atoms with Crippen LogP contribution in [0.1, 0.15) is 19.8 Å². The SMILES string of the molecule is CCOC(=O)CCNCC1CCN(C)C1. The minimum absolute atomic E-state index is 0.103. The number of esters is 1. The molecule has 0 aliphatic carbocycles. The quantitative estimate of drug-likeness (QED) is 0.516. The maximum atomic E-state index is 11.0. The van der Waals surface area contributed by atoms with Crippen LogP contribution in [0.15, 0.2) is 0 Å². The molecule has 1 aliphatic heterocycles. The van der Waals surface area contributed by atoms with Gasteiger partial charge in [-0.15, -0.1) is 0 Å². The largest absolute Gasteiger partial charge is 0.466 e. The average molecular weight is 214 g/mol. The normalized spacial score (nSPS) is 21.9. The van der Waals surface area contributed by atoms with Gasteiger partial charge >= 0.3 is 5.97 Å². The molecule has 1 saturated heterocycles. The van der Waals surface area contributed by atoms with Gasteiger partial charge in [-0.2, -0.15) is 0 Å². The van der Waals surface area contributed by atoms with Crippen LogP contribution in [-0.2, 0) is 9.53 Å². The molecular weight excluding hydrogens is 192 g/mol. The molecule has 1 aliphatic rings. The van der Waals surface area contributed by atoms with E-state index in [2.05, 4.69) is 17.3 Å². The van der Waals surface area contributed by atoms with Crippen molar-refractivity contribution >= 4 is 5.97 Å². The number of carbonyl (C=O) groups excluding carboxylic acids is 1. The summed E-state index contributed by atoms with van der Waals surface area (Å²) in [4.78, 5) is 13.4. The van der Waals surface area contributed by atoms with E-state index < -0.39 is 0 Å². The van der Waals surface area contributed by atoms with Crippen molar-refractivity contribution in [1.29, 1.82) is 0 Å². The molecule has 1 unspecified atom stereocenters. The van der Waals surface area contributed by atoms with Crippen LogP contribution < -0.4 is 5.32 Å². The lowest BCUT2D eigenvalue weighted by Gasteiger charge is -2.11. The predicted octanol–water partition coefficient (Wildman–Crippen LogP) is 0.481. The first-order chi connectivity index (χ1) is 7.22. The van der Waals surface area contributed by atoms with Crippen LogP contribution >= 0.6 is 0 Å². The summed E-state index contributed by atoms with van der Waals surface area (Å²) < 4.78 is 4.84. The van der Waals surface area contributed by atoms with Gasteiger partial charge in [0.05, 0.1) is 13.0 Å². The molecule has 4 nitrogen and oxygen atoms in total. The molecule has 0 bridgehead atoms. The molecule has 0 saturated carbocycles. The van der Waals surface area contributed by atoms with Crippen molar-refractivity contribution < 1.29 is 9.53 Å². The second-order valence-electron chi connectivity index (χ2n) is 4.18. The Morgan fingerprint density at radius 3 is 3.00 bits per heavy atom. The Labute approximate surface area is 92.0 Å². The minimum Gasteiger partial charge on any atom is -0.466 e. The Kier molecular flexibility index (Phi) is 5.65. The molecule has 0 spiro atoms. The number of nitrogens with one attached hydrogen (secondary N) is 1. The first-order valence-electron chi connectivity index (χ1n) is 5.77. The van der Waals surface area contributed by atoms with E-state index in [1.54, 1.807) is 0 Å². The Hall–Kier alpha value is -0.610. The molecule has 15 heavy (non-hydrogen) atoms. The third-order valence-electron chi connectivity index (χ3n) is 2.73. The molecule has 1 fully saturated rings. The van der Waals surface area contributed by atoms with Gasteiger partial charge in [-0.3, -0.25) is 4.79 Å². The first kappa shape index (κ1) is 12.5. The van der Waals surface area contributed by atoms with E-state index in [0.29, 0.717) is 13.0 Å². The van der Waals surface area contributed by atoms with Crippen molar-refractivity contribution in [1.82, 2.24) is 10.2 Å². The Bertz CT molecular complexity index is 197. The van der Waals surface area contributed by atoms with Gasteiger partial charge in [0, 0.05) is 13.1 Å². The molecule has 0 aromatic heterocycles. The van der Waals surface area contributed by atoms with Crippen LogP contribution in [-0.4, -0.2) is 50.7 Å². The van der Waals surface area contributed by atoms with Crippen LogP contribution in [0.5, 0.6) is 0 Å². The van der Waals surface area contributed by atoms with E-state index in [9.17, 15) is 4.79 Å². The predicted molar refractivity (Wildman–Crippen MR) is 59.7 cm³/mol. The maximum absolute atomic E-state index is 11.0. The van der Waals surface area contributed by atoms with E-state index in [4.69, 9.17) is 4.74 Å². The van der Waals surface area contributed by atoms with E-state index in [1.807, 2.05) is 6.92 Å². The zero-order chi connectivity index (χ0) is 11.1. The molecule has 88 valence electrons. The summed E-state index contributed by atoms with van der Waals surface area (Å²) in [6.45, 7) is 6.44. The highest BCUT2D eigenvalue weighted by molar-refractivity contribution is 5.69. The van der Waals surface area contributed by atoms with Crippen molar-refractivity contribution in [3.8, 4) is 0 Å². The lowest BCUT2D eigenvalue weighted by Crippen LogP contribution is -2.27. The summed E-state index contributed by atoms with van der Waals surface area (Å²) in [6, 6.07) is 0. The molecule has 1 rings (SSSR count). The molecule has 0 radical (unpaired) electrons. The minimum atomic E-state index is -0.103. The number of ether oxygens (including phenoxy) is 1. The Morgan fingerprint density at radius 2 is 2.40 bits per heavy atom. The first-order valence-corrected chi connectivity index (χ1v) is 5.77. The van der Waals surface area contributed by atoms with Gasteiger partial charge in [0.15, 0.2) is 0 Å². The van der Waals surface area contributed by atoms with E-state index in [0.717, 1.165) is 19.0 Å². The number of carbonyl (C=O) groups is 1. The smallest absolute Gasteiger partial charge is 0.307 e. The van der Waals surface area contributed by atoms with E-state index in [1.165, 1.54) is 19.5 Å². The monoisotopic (exact) mass is 214 g/mol. The van der Waals surface area contributed by atoms with Crippen LogP contribution in [0.3, 0.4) is 0 Å². The van der Waals surface area contributed by atoms with E-state index >= 15 is 0 Å². The summed E-state index contributed by atoms with van der Waals surface area (Å²) in [6.07, 6.45) is 1.75. The molecule has 1 atom stereocenters. The maximum Gasteiger partial charge on any atom is 0.307 e. The van der Waals surface area contributed by atoms with Gasteiger partial charge in [0.2, 0.25) is 0 Å². The van der Waals surface area contributed by atoms with Crippen molar-refractivity contribution in [2.45, 2.75) is 19.8 Å². The molecule has 0 aromatic carbocycles. The number of hydrogen-bond acceptors (Lipinski definition) is 4. The Morgan fingerprint density at radius 1 is 1.60 bits per heavy atom. The lowest BCUT2D eigenvalue weighted by atomic mass is 10.1. The van der Waals surface area contributed by atoms with E-state index in [-0.39, 0.29) is 5.97 Å². The van der Waals surface area contributed by atoms with Gasteiger partial charge in [-0.05, 0) is 39.4 Å². The lowest BCUT2D eigenvalue weighted by molar-refractivity contribution is -0.142. The van der Waals surface area contributed by atoms with Crippen molar-refractivity contribution in [3.63, 3.8) is 0 Å². The average Bonchev–Trinajstić information content (AvgIpc) is 2.60. The molecule has 1 N–H and O–H groups in total. The van der Waals surface area contributed by atoms with Crippen LogP contribution in [0.25, 0.3) is 0 Å². The number of hydrogen-bond donors (Lipinski definition) is 1. The standard InChI is InChI=1S/C11H22N2O2/c1-3-15-11(14)4-6-12-8-10-5-7-13(2)9-10/h10,12H,3-9H2,1-2H3. The topological polar surface area (TPSA) is 41.6 Å². The fourth-order valence-corrected chi connectivity index (χ4v) is 1.92. The highest BCUT2D eigenvalue weighted by atomic mass is 16.5. The summed E-state index contributed by atoms with van der Waals surface area (Å²) in [7, 11) is 2.15. The fraction of sp³-hybridized carbons (Fsp3) is 0.909. The van der Waals surface area contributed by atoms with Gasteiger partial charge in [-0.25, -0.2) is 0 Å². The second kappa shape index (κ2) is 6.80. The molecule has 1 heterocycles. The fourth-order valence-electron chi connectivity index (χ4n) is 1.92. The van der Waals surface area contributed by atoms with Crippen LogP contribution in [0.4, 0.5) is 0 Å². The van der Waals surface area contributed by atoms with Crippen molar-refractivity contribution in [2.24, 2.45) is 5.92 Å². The van der Waals surface area contributed by atoms with Gasteiger partial charge in [0.1, 0.15) is 0 Å². The molecule has 4 heteroatoms.